The van der Waals surface area contributed by atoms with Gasteiger partial charge in [0.15, 0.2) is 0 Å². The average molecular weight is 207 g/mol. The molecule has 0 heterocycles. The molecule has 1 rings (SSSR count). The van der Waals surface area contributed by atoms with Crippen LogP contribution in [0.5, 0.6) is 0 Å². The standard InChI is InChI=1S/C8H17NO3S/c1-7(6-13(10,11)12)5-9-8-3-2-4-8/h7-9H,2-6H2,1H3,(H,10,11,12). The highest BCUT2D eigenvalue weighted by molar-refractivity contribution is 7.85. The normalized spacial score (nSPS) is 21.1. The molecule has 2 N–H and O–H groups in total. The second kappa shape index (κ2) is 4.39. The Morgan fingerprint density at radius 2 is 2.15 bits per heavy atom. The molecule has 1 saturated carbocycles. The number of hydrogen-bond donors (Lipinski definition) is 2. The van der Waals surface area contributed by atoms with E-state index in [9.17, 15) is 8.42 Å². The Kier molecular flexibility index (Phi) is 3.70. The summed E-state index contributed by atoms with van der Waals surface area (Å²) < 4.78 is 29.6. The van der Waals surface area contributed by atoms with Crippen LogP contribution in [0.4, 0.5) is 0 Å². The maximum Gasteiger partial charge on any atom is 0.265 e. The molecule has 1 aliphatic rings. The summed E-state index contributed by atoms with van der Waals surface area (Å²) in [5, 5.41) is 3.27. The van der Waals surface area contributed by atoms with Gasteiger partial charge >= 0.3 is 0 Å². The van der Waals surface area contributed by atoms with Crippen molar-refractivity contribution in [2.45, 2.75) is 32.2 Å². The van der Waals surface area contributed by atoms with E-state index < -0.39 is 10.1 Å². The number of nitrogens with one attached hydrogen (secondary N) is 1. The predicted molar refractivity (Wildman–Crippen MR) is 51.2 cm³/mol. The smallest absolute Gasteiger partial charge is 0.265 e. The van der Waals surface area contributed by atoms with Crippen molar-refractivity contribution >= 4 is 10.1 Å². The van der Waals surface area contributed by atoms with Gasteiger partial charge in [-0.1, -0.05) is 13.3 Å². The lowest BCUT2D eigenvalue weighted by atomic mass is 9.93. The highest BCUT2D eigenvalue weighted by Gasteiger charge is 2.18. The second-order valence-electron chi connectivity index (χ2n) is 3.89. The van der Waals surface area contributed by atoms with Crippen LogP contribution in [0.15, 0.2) is 0 Å². The molecule has 1 unspecified atom stereocenters. The summed E-state index contributed by atoms with van der Waals surface area (Å²) in [4.78, 5) is 0. The topological polar surface area (TPSA) is 66.4 Å². The average Bonchev–Trinajstić information content (AvgIpc) is 1.78. The van der Waals surface area contributed by atoms with Crippen molar-refractivity contribution in [2.75, 3.05) is 12.3 Å². The van der Waals surface area contributed by atoms with Gasteiger partial charge in [-0.2, -0.15) is 8.42 Å². The summed E-state index contributed by atoms with van der Waals surface area (Å²) in [6.07, 6.45) is 3.65. The summed E-state index contributed by atoms with van der Waals surface area (Å²) in [7, 11) is -3.80. The molecule has 1 aliphatic carbocycles. The molecule has 1 atom stereocenters. The molecule has 5 heteroatoms. The first-order valence-electron chi connectivity index (χ1n) is 4.66. The molecule has 78 valence electrons. The van der Waals surface area contributed by atoms with Crippen LogP contribution in [-0.2, 0) is 10.1 Å². The quantitative estimate of drug-likeness (QED) is 0.650. The van der Waals surface area contributed by atoms with Crippen molar-refractivity contribution < 1.29 is 13.0 Å². The molecule has 0 aromatic heterocycles. The summed E-state index contributed by atoms with van der Waals surface area (Å²) in [6.45, 7) is 2.49. The van der Waals surface area contributed by atoms with Crippen molar-refractivity contribution in [2.24, 2.45) is 5.92 Å². The minimum Gasteiger partial charge on any atom is -0.314 e. The maximum atomic E-state index is 10.5. The van der Waals surface area contributed by atoms with Gasteiger partial charge < -0.3 is 5.32 Å². The van der Waals surface area contributed by atoms with Gasteiger partial charge in [-0.15, -0.1) is 0 Å². The Labute approximate surface area is 79.5 Å². The Balaban J connectivity index is 2.13. The maximum absolute atomic E-state index is 10.5. The Morgan fingerprint density at radius 3 is 2.54 bits per heavy atom. The molecule has 0 amide bonds. The molecule has 0 aromatic rings. The first-order chi connectivity index (χ1) is 5.97. The zero-order chi connectivity index (χ0) is 9.90. The van der Waals surface area contributed by atoms with Crippen molar-refractivity contribution in [1.82, 2.24) is 5.32 Å². The summed E-state index contributed by atoms with van der Waals surface area (Å²) >= 11 is 0. The first-order valence-corrected chi connectivity index (χ1v) is 6.27. The molecule has 0 aromatic carbocycles. The van der Waals surface area contributed by atoms with E-state index in [0.717, 1.165) is 0 Å². The van der Waals surface area contributed by atoms with Gasteiger partial charge in [0.05, 0.1) is 5.75 Å². The van der Waals surface area contributed by atoms with Gasteiger partial charge in [-0.3, -0.25) is 4.55 Å². The lowest BCUT2D eigenvalue weighted by molar-refractivity contribution is 0.324. The van der Waals surface area contributed by atoms with Crippen molar-refractivity contribution in [3.63, 3.8) is 0 Å². The van der Waals surface area contributed by atoms with Crippen LogP contribution in [0.1, 0.15) is 26.2 Å². The van der Waals surface area contributed by atoms with Crippen LogP contribution in [-0.4, -0.2) is 31.3 Å². The Bertz CT molecular complexity index is 246. The fraction of sp³-hybridized carbons (Fsp3) is 1.00. The van der Waals surface area contributed by atoms with E-state index in [4.69, 9.17) is 4.55 Å². The van der Waals surface area contributed by atoms with Gasteiger partial charge in [0.1, 0.15) is 0 Å². The van der Waals surface area contributed by atoms with Crippen molar-refractivity contribution in [3.05, 3.63) is 0 Å². The number of rotatable bonds is 5. The molecule has 0 radical (unpaired) electrons. The van der Waals surface area contributed by atoms with E-state index in [1.165, 1.54) is 19.3 Å². The molecular formula is C8H17NO3S. The third-order valence-corrected chi connectivity index (χ3v) is 3.35. The van der Waals surface area contributed by atoms with Gasteiger partial charge in [-0.25, -0.2) is 0 Å². The summed E-state index contributed by atoms with van der Waals surface area (Å²) in [5.41, 5.74) is 0. The third-order valence-electron chi connectivity index (χ3n) is 2.36. The SMILES string of the molecule is CC(CNC1CCC1)CS(=O)(=O)O. The molecule has 0 spiro atoms. The summed E-state index contributed by atoms with van der Waals surface area (Å²) in [5.74, 6) is -0.164. The van der Waals surface area contributed by atoms with Gasteiger partial charge in [0.2, 0.25) is 0 Å². The molecule has 13 heavy (non-hydrogen) atoms. The monoisotopic (exact) mass is 207 g/mol. The van der Waals surface area contributed by atoms with E-state index in [1.54, 1.807) is 0 Å². The lowest BCUT2D eigenvalue weighted by Crippen LogP contribution is -2.38. The van der Waals surface area contributed by atoms with Gasteiger partial charge in [0.25, 0.3) is 10.1 Å². The van der Waals surface area contributed by atoms with E-state index in [-0.39, 0.29) is 11.7 Å². The van der Waals surface area contributed by atoms with Crippen LogP contribution in [0.25, 0.3) is 0 Å². The Hall–Kier alpha value is -0.130. The second-order valence-corrected chi connectivity index (χ2v) is 5.39. The van der Waals surface area contributed by atoms with Crippen molar-refractivity contribution in [3.8, 4) is 0 Å². The lowest BCUT2D eigenvalue weighted by Gasteiger charge is -2.27. The van der Waals surface area contributed by atoms with Crippen LogP contribution < -0.4 is 5.32 Å². The fourth-order valence-electron chi connectivity index (χ4n) is 1.40. The largest absolute Gasteiger partial charge is 0.314 e. The van der Waals surface area contributed by atoms with Gasteiger partial charge in [-0.05, 0) is 25.3 Å². The molecule has 1 fully saturated rings. The predicted octanol–water partition coefficient (Wildman–Crippen LogP) is 0.652. The molecule has 0 bridgehead atoms. The highest BCUT2D eigenvalue weighted by Crippen LogP contribution is 2.18. The van der Waals surface area contributed by atoms with Crippen LogP contribution in [0.2, 0.25) is 0 Å². The van der Waals surface area contributed by atoms with E-state index >= 15 is 0 Å². The molecule has 0 aliphatic heterocycles. The zero-order valence-corrected chi connectivity index (χ0v) is 8.68. The highest BCUT2D eigenvalue weighted by atomic mass is 32.2. The van der Waals surface area contributed by atoms with Gasteiger partial charge in [0, 0.05) is 6.04 Å². The van der Waals surface area contributed by atoms with Crippen LogP contribution in [0.3, 0.4) is 0 Å². The van der Waals surface area contributed by atoms with Crippen molar-refractivity contribution in [1.29, 1.82) is 0 Å². The van der Waals surface area contributed by atoms with E-state index in [1.807, 2.05) is 6.92 Å². The molecular weight excluding hydrogens is 190 g/mol. The fourth-order valence-corrected chi connectivity index (χ4v) is 2.24. The van der Waals surface area contributed by atoms with E-state index in [0.29, 0.717) is 12.6 Å². The number of hydrogen-bond acceptors (Lipinski definition) is 3. The minimum absolute atomic E-state index is 0.0180. The van der Waals surface area contributed by atoms with E-state index in [2.05, 4.69) is 5.32 Å². The molecule has 0 saturated heterocycles. The van der Waals surface area contributed by atoms with Crippen LogP contribution >= 0.6 is 0 Å². The third kappa shape index (κ3) is 4.59. The minimum atomic E-state index is -3.80. The van der Waals surface area contributed by atoms with Crippen LogP contribution in [0, 0.1) is 5.92 Å². The summed E-state index contributed by atoms with van der Waals surface area (Å²) in [6, 6.07) is 0.573. The first kappa shape index (κ1) is 10.9. The molecule has 4 nitrogen and oxygen atoms in total. The zero-order valence-electron chi connectivity index (χ0n) is 7.86. The Morgan fingerprint density at radius 1 is 1.54 bits per heavy atom.